The molecule has 0 aliphatic carbocycles. The van der Waals surface area contributed by atoms with Crippen molar-refractivity contribution in [3.8, 4) is 0 Å². The van der Waals surface area contributed by atoms with Crippen molar-refractivity contribution in [2.75, 3.05) is 25.0 Å². The molecular weight excluding hydrogens is 245 g/mol. The molecule has 1 saturated heterocycles. The minimum absolute atomic E-state index is 0.00928. The minimum Gasteiger partial charge on any atom is -0.353 e. The van der Waals surface area contributed by atoms with Gasteiger partial charge in [-0.1, -0.05) is 12.1 Å². The van der Waals surface area contributed by atoms with Gasteiger partial charge in [0.1, 0.15) is 11.4 Å². The molecule has 2 N–H and O–H groups in total. The van der Waals surface area contributed by atoms with Crippen LogP contribution in [0.25, 0.3) is 0 Å². The second-order valence-corrected chi connectivity index (χ2v) is 5.39. The Bertz CT molecular complexity index is 501. The third-order valence-electron chi connectivity index (χ3n) is 3.76. The van der Waals surface area contributed by atoms with Crippen molar-refractivity contribution in [1.29, 1.82) is 0 Å². The summed E-state index contributed by atoms with van der Waals surface area (Å²) in [6.07, 6.45) is 0. The summed E-state index contributed by atoms with van der Waals surface area (Å²) in [5, 5.41) is 0. The molecule has 0 unspecified atom stereocenters. The van der Waals surface area contributed by atoms with Gasteiger partial charge in [-0.15, -0.1) is 0 Å². The zero-order valence-electron chi connectivity index (χ0n) is 11.6. The first kappa shape index (κ1) is 13.8. The SMILES string of the molecule is CN1CCN(c2c(F)cccc2CN)C(C)(C)C1=O. The van der Waals surface area contributed by atoms with Crippen LogP contribution in [0.5, 0.6) is 0 Å². The number of nitrogens with two attached hydrogens (primary N) is 1. The molecule has 0 radical (unpaired) electrons. The van der Waals surface area contributed by atoms with Gasteiger partial charge in [-0.2, -0.15) is 0 Å². The van der Waals surface area contributed by atoms with Crippen LogP contribution in [0.3, 0.4) is 0 Å². The zero-order valence-corrected chi connectivity index (χ0v) is 11.6. The van der Waals surface area contributed by atoms with Gasteiger partial charge in [0.25, 0.3) is 0 Å². The number of para-hydroxylation sites is 1. The van der Waals surface area contributed by atoms with Crippen LogP contribution in [0.4, 0.5) is 10.1 Å². The molecule has 0 bridgehead atoms. The molecule has 0 atom stereocenters. The highest BCUT2D eigenvalue weighted by Gasteiger charge is 2.42. The highest BCUT2D eigenvalue weighted by atomic mass is 19.1. The Morgan fingerprint density at radius 2 is 2.05 bits per heavy atom. The Labute approximate surface area is 113 Å². The Morgan fingerprint density at radius 3 is 2.68 bits per heavy atom. The Morgan fingerprint density at radius 1 is 1.37 bits per heavy atom. The average Bonchev–Trinajstić information content (AvgIpc) is 2.37. The normalized spacial score (nSPS) is 18.9. The van der Waals surface area contributed by atoms with Gasteiger partial charge in [-0.05, 0) is 25.5 Å². The molecule has 1 aliphatic rings. The molecule has 0 saturated carbocycles. The fraction of sp³-hybridized carbons (Fsp3) is 0.500. The molecule has 19 heavy (non-hydrogen) atoms. The molecule has 1 fully saturated rings. The van der Waals surface area contributed by atoms with Crippen LogP contribution in [0.15, 0.2) is 18.2 Å². The fourth-order valence-corrected chi connectivity index (χ4v) is 2.63. The van der Waals surface area contributed by atoms with Crippen molar-refractivity contribution in [2.24, 2.45) is 5.73 Å². The van der Waals surface area contributed by atoms with Crippen molar-refractivity contribution >= 4 is 11.6 Å². The van der Waals surface area contributed by atoms with Crippen molar-refractivity contribution in [1.82, 2.24) is 4.90 Å². The number of anilines is 1. The van der Waals surface area contributed by atoms with E-state index < -0.39 is 5.54 Å². The van der Waals surface area contributed by atoms with E-state index in [0.29, 0.717) is 18.8 Å². The van der Waals surface area contributed by atoms with E-state index in [-0.39, 0.29) is 18.3 Å². The van der Waals surface area contributed by atoms with E-state index in [4.69, 9.17) is 5.73 Å². The number of halogens is 1. The van der Waals surface area contributed by atoms with Gasteiger partial charge in [0.05, 0.1) is 5.69 Å². The first-order valence-corrected chi connectivity index (χ1v) is 6.40. The monoisotopic (exact) mass is 265 g/mol. The molecule has 1 aromatic rings. The molecule has 0 aromatic heterocycles. The molecule has 1 aromatic carbocycles. The first-order valence-electron chi connectivity index (χ1n) is 6.40. The van der Waals surface area contributed by atoms with Gasteiger partial charge in [-0.3, -0.25) is 4.79 Å². The van der Waals surface area contributed by atoms with E-state index in [0.717, 1.165) is 5.56 Å². The van der Waals surface area contributed by atoms with Gasteiger partial charge in [0, 0.05) is 26.7 Å². The lowest BCUT2D eigenvalue weighted by Gasteiger charge is -2.46. The standard InChI is InChI=1S/C14H20FN3O/c1-14(2)13(19)17(3)7-8-18(14)12-10(9-16)5-4-6-11(12)15/h4-6H,7-9,16H2,1-3H3. The molecule has 4 nitrogen and oxygen atoms in total. The van der Waals surface area contributed by atoms with E-state index in [2.05, 4.69) is 0 Å². The van der Waals surface area contributed by atoms with Crippen LogP contribution in [0.1, 0.15) is 19.4 Å². The quantitative estimate of drug-likeness (QED) is 0.878. The van der Waals surface area contributed by atoms with Gasteiger partial charge < -0.3 is 15.5 Å². The highest BCUT2D eigenvalue weighted by Crippen LogP contribution is 2.33. The lowest BCUT2D eigenvalue weighted by atomic mass is 9.95. The summed E-state index contributed by atoms with van der Waals surface area (Å²) in [5.74, 6) is -0.335. The number of piperazine rings is 1. The number of amides is 1. The number of hydrogen-bond donors (Lipinski definition) is 1. The summed E-state index contributed by atoms with van der Waals surface area (Å²) >= 11 is 0. The average molecular weight is 265 g/mol. The lowest BCUT2D eigenvalue weighted by molar-refractivity contribution is -0.136. The molecule has 1 aliphatic heterocycles. The van der Waals surface area contributed by atoms with Crippen LogP contribution < -0.4 is 10.6 Å². The zero-order chi connectivity index (χ0) is 14.2. The predicted molar refractivity (Wildman–Crippen MR) is 73.4 cm³/mol. The van der Waals surface area contributed by atoms with E-state index in [9.17, 15) is 9.18 Å². The van der Waals surface area contributed by atoms with Crippen molar-refractivity contribution in [3.63, 3.8) is 0 Å². The largest absolute Gasteiger partial charge is 0.353 e. The summed E-state index contributed by atoms with van der Waals surface area (Å²) in [4.78, 5) is 15.8. The molecular formula is C14H20FN3O. The summed E-state index contributed by atoms with van der Waals surface area (Å²) in [5.41, 5.74) is 6.11. The van der Waals surface area contributed by atoms with Gasteiger partial charge >= 0.3 is 0 Å². The van der Waals surface area contributed by atoms with Crippen LogP contribution in [-0.2, 0) is 11.3 Å². The molecule has 104 valence electrons. The summed E-state index contributed by atoms with van der Waals surface area (Å²) < 4.78 is 14.2. The number of likely N-dealkylation sites (N-methyl/N-ethyl adjacent to an activating group) is 1. The second kappa shape index (κ2) is 4.81. The summed E-state index contributed by atoms with van der Waals surface area (Å²) in [7, 11) is 1.77. The lowest BCUT2D eigenvalue weighted by Crippen LogP contribution is -2.62. The molecule has 1 amide bonds. The number of rotatable bonds is 2. The fourth-order valence-electron chi connectivity index (χ4n) is 2.63. The number of nitrogens with zero attached hydrogens (tertiary/aromatic N) is 2. The third kappa shape index (κ3) is 2.18. The van der Waals surface area contributed by atoms with Crippen molar-refractivity contribution in [2.45, 2.75) is 25.9 Å². The maximum absolute atomic E-state index is 14.2. The van der Waals surface area contributed by atoms with Crippen molar-refractivity contribution < 1.29 is 9.18 Å². The second-order valence-electron chi connectivity index (χ2n) is 5.39. The van der Waals surface area contributed by atoms with E-state index in [1.165, 1.54) is 6.07 Å². The Balaban J connectivity index is 2.50. The molecule has 2 rings (SSSR count). The van der Waals surface area contributed by atoms with Crippen LogP contribution in [0.2, 0.25) is 0 Å². The topological polar surface area (TPSA) is 49.6 Å². The van der Waals surface area contributed by atoms with Crippen LogP contribution >= 0.6 is 0 Å². The molecule has 0 spiro atoms. The number of carbonyl (C=O) groups is 1. The smallest absolute Gasteiger partial charge is 0.247 e. The Kier molecular flexibility index (Phi) is 3.49. The van der Waals surface area contributed by atoms with Gasteiger partial charge in [0.15, 0.2) is 0 Å². The van der Waals surface area contributed by atoms with Gasteiger partial charge in [-0.25, -0.2) is 4.39 Å². The van der Waals surface area contributed by atoms with E-state index >= 15 is 0 Å². The maximum atomic E-state index is 14.2. The van der Waals surface area contributed by atoms with Crippen LogP contribution in [-0.4, -0.2) is 36.5 Å². The first-order chi connectivity index (χ1) is 8.89. The minimum atomic E-state index is -0.765. The number of hydrogen-bond acceptors (Lipinski definition) is 3. The van der Waals surface area contributed by atoms with Crippen LogP contribution in [0, 0.1) is 5.82 Å². The van der Waals surface area contributed by atoms with Crippen molar-refractivity contribution in [3.05, 3.63) is 29.6 Å². The van der Waals surface area contributed by atoms with E-state index in [1.54, 1.807) is 24.1 Å². The predicted octanol–water partition coefficient (Wildman–Crippen LogP) is 1.34. The molecule has 1 heterocycles. The number of carbonyl (C=O) groups excluding carboxylic acids is 1. The Hall–Kier alpha value is -1.62. The van der Waals surface area contributed by atoms with Gasteiger partial charge in [0.2, 0.25) is 5.91 Å². The number of benzene rings is 1. The van der Waals surface area contributed by atoms with E-state index in [1.807, 2.05) is 18.7 Å². The summed E-state index contributed by atoms with van der Waals surface area (Å²) in [6.45, 7) is 5.07. The maximum Gasteiger partial charge on any atom is 0.247 e. The molecule has 5 heteroatoms. The highest BCUT2D eigenvalue weighted by molar-refractivity contribution is 5.90. The third-order valence-corrected chi connectivity index (χ3v) is 3.76. The summed E-state index contributed by atoms with van der Waals surface area (Å²) in [6, 6.07) is 4.86.